The van der Waals surface area contributed by atoms with Gasteiger partial charge in [0, 0.05) is 36.2 Å². The highest BCUT2D eigenvalue weighted by atomic mass is 79.9. The molecule has 0 spiro atoms. The summed E-state index contributed by atoms with van der Waals surface area (Å²) in [5.41, 5.74) is 2.75. The lowest BCUT2D eigenvalue weighted by atomic mass is 9.94. The molecule has 1 aromatic rings. The molecule has 0 amide bonds. The molecule has 0 radical (unpaired) electrons. The van der Waals surface area contributed by atoms with E-state index in [9.17, 15) is 0 Å². The third-order valence-corrected chi connectivity index (χ3v) is 4.61. The highest BCUT2D eigenvalue weighted by molar-refractivity contribution is 9.10. The molecule has 2 rings (SSSR count). The number of aryl methyl sites for hydroxylation is 1. The van der Waals surface area contributed by atoms with Gasteiger partial charge < -0.3 is 15.5 Å². The molecule has 1 fully saturated rings. The molecule has 0 aliphatic carbocycles. The van der Waals surface area contributed by atoms with Crippen LogP contribution in [0.4, 0.5) is 0 Å². The lowest BCUT2D eigenvalue weighted by molar-refractivity contribution is 0.178. The quantitative estimate of drug-likeness (QED) is 0.889. The lowest BCUT2D eigenvalue weighted by Gasteiger charge is -2.35. The SMILES string of the molecule is CNC(CC1CNCCN1C)c1cc(Br)ccc1C. The largest absolute Gasteiger partial charge is 0.314 e. The second-order valence-corrected chi connectivity index (χ2v) is 6.33. The van der Waals surface area contributed by atoms with Gasteiger partial charge in [0.2, 0.25) is 0 Å². The van der Waals surface area contributed by atoms with E-state index in [2.05, 4.69) is 70.7 Å². The maximum Gasteiger partial charge on any atom is 0.0335 e. The number of hydrogen-bond acceptors (Lipinski definition) is 3. The summed E-state index contributed by atoms with van der Waals surface area (Å²) >= 11 is 3.58. The van der Waals surface area contributed by atoms with Crippen LogP contribution in [0.15, 0.2) is 22.7 Å². The van der Waals surface area contributed by atoms with Crippen LogP contribution < -0.4 is 10.6 Å². The van der Waals surface area contributed by atoms with E-state index in [0.29, 0.717) is 12.1 Å². The molecule has 19 heavy (non-hydrogen) atoms. The number of likely N-dealkylation sites (N-methyl/N-ethyl adjacent to an activating group) is 1. The molecule has 1 aliphatic heterocycles. The van der Waals surface area contributed by atoms with Gasteiger partial charge in [-0.2, -0.15) is 0 Å². The number of halogens is 1. The minimum Gasteiger partial charge on any atom is -0.314 e. The fourth-order valence-corrected chi connectivity index (χ4v) is 3.16. The Labute approximate surface area is 124 Å². The van der Waals surface area contributed by atoms with Crippen LogP contribution in [-0.4, -0.2) is 44.7 Å². The van der Waals surface area contributed by atoms with Crippen LogP contribution in [0.1, 0.15) is 23.6 Å². The number of hydrogen-bond donors (Lipinski definition) is 2. The van der Waals surface area contributed by atoms with Gasteiger partial charge >= 0.3 is 0 Å². The van der Waals surface area contributed by atoms with Crippen molar-refractivity contribution in [2.24, 2.45) is 0 Å². The van der Waals surface area contributed by atoms with E-state index >= 15 is 0 Å². The molecule has 4 heteroatoms. The van der Waals surface area contributed by atoms with Crippen LogP contribution in [-0.2, 0) is 0 Å². The Morgan fingerprint density at radius 1 is 1.53 bits per heavy atom. The number of benzene rings is 1. The van der Waals surface area contributed by atoms with Crippen LogP contribution in [0.25, 0.3) is 0 Å². The lowest BCUT2D eigenvalue weighted by Crippen LogP contribution is -2.50. The Morgan fingerprint density at radius 2 is 2.32 bits per heavy atom. The van der Waals surface area contributed by atoms with E-state index in [1.54, 1.807) is 0 Å². The molecule has 2 atom stereocenters. The first kappa shape index (κ1) is 15.0. The Kier molecular flexibility index (Phi) is 5.39. The van der Waals surface area contributed by atoms with Crippen LogP contribution >= 0.6 is 15.9 Å². The summed E-state index contributed by atoms with van der Waals surface area (Å²) in [6.45, 7) is 5.52. The molecule has 1 saturated heterocycles. The fourth-order valence-electron chi connectivity index (χ4n) is 2.78. The first-order chi connectivity index (χ1) is 9.11. The number of nitrogens with one attached hydrogen (secondary N) is 2. The minimum atomic E-state index is 0.407. The molecule has 1 aliphatic rings. The number of nitrogens with zero attached hydrogens (tertiary/aromatic N) is 1. The molecule has 1 heterocycles. The minimum absolute atomic E-state index is 0.407. The molecular weight excluding hydrogens is 302 g/mol. The Hall–Kier alpha value is -0.420. The summed E-state index contributed by atoms with van der Waals surface area (Å²) in [6.07, 6.45) is 1.14. The Balaban J connectivity index is 2.13. The summed E-state index contributed by atoms with van der Waals surface area (Å²) in [4.78, 5) is 2.47. The van der Waals surface area contributed by atoms with Gasteiger partial charge in [0.25, 0.3) is 0 Å². The van der Waals surface area contributed by atoms with Crippen LogP contribution in [0.3, 0.4) is 0 Å². The summed E-state index contributed by atoms with van der Waals surface area (Å²) < 4.78 is 1.16. The number of rotatable bonds is 4. The predicted molar refractivity (Wildman–Crippen MR) is 84.6 cm³/mol. The van der Waals surface area contributed by atoms with Gasteiger partial charge in [0.1, 0.15) is 0 Å². The summed E-state index contributed by atoms with van der Waals surface area (Å²) in [7, 11) is 4.28. The molecule has 3 nitrogen and oxygen atoms in total. The first-order valence-corrected chi connectivity index (χ1v) is 7.75. The maximum atomic E-state index is 3.58. The van der Waals surface area contributed by atoms with Crippen molar-refractivity contribution < 1.29 is 0 Å². The zero-order valence-electron chi connectivity index (χ0n) is 12.0. The van der Waals surface area contributed by atoms with Crippen molar-refractivity contribution in [2.45, 2.75) is 25.4 Å². The summed E-state index contributed by atoms with van der Waals surface area (Å²) in [5, 5.41) is 6.97. The van der Waals surface area contributed by atoms with E-state index in [1.165, 1.54) is 11.1 Å². The topological polar surface area (TPSA) is 27.3 Å². The van der Waals surface area contributed by atoms with Crippen molar-refractivity contribution in [1.29, 1.82) is 0 Å². The molecule has 0 saturated carbocycles. The second kappa shape index (κ2) is 6.84. The first-order valence-electron chi connectivity index (χ1n) is 6.96. The molecule has 2 unspecified atom stereocenters. The van der Waals surface area contributed by atoms with Gasteiger partial charge in [-0.3, -0.25) is 0 Å². The molecule has 0 bridgehead atoms. The van der Waals surface area contributed by atoms with E-state index < -0.39 is 0 Å². The molecular formula is C15H24BrN3. The Morgan fingerprint density at radius 3 is 3.00 bits per heavy atom. The van der Waals surface area contributed by atoms with E-state index in [4.69, 9.17) is 0 Å². The molecule has 106 valence electrons. The fraction of sp³-hybridized carbons (Fsp3) is 0.600. The van der Waals surface area contributed by atoms with Crippen molar-refractivity contribution in [3.05, 3.63) is 33.8 Å². The van der Waals surface area contributed by atoms with Crippen molar-refractivity contribution in [2.75, 3.05) is 33.7 Å². The van der Waals surface area contributed by atoms with Crippen molar-refractivity contribution in [3.63, 3.8) is 0 Å². The van der Waals surface area contributed by atoms with Gasteiger partial charge in [0.15, 0.2) is 0 Å². The van der Waals surface area contributed by atoms with Crippen LogP contribution in [0.5, 0.6) is 0 Å². The molecule has 0 aromatic heterocycles. The molecule has 1 aromatic carbocycles. The van der Waals surface area contributed by atoms with Crippen molar-refractivity contribution in [3.8, 4) is 0 Å². The van der Waals surface area contributed by atoms with Gasteiger partial charge in [0.05, 0.1) is 0 Å². The molecule has 2 N–H and O–H groups in total. The third-order valence-electron chi connectivity index (χ3n) is 4.12. The smallest absolute Gasteiger partial charge is 0.0335 e. The maximum absolute atomic E-state index is 3.58. The highest BCUT2D eigenvalue weighted by Gasteiger charge is 2.23. The summed E-state index contributed by atoms with van der Waals surface area (Å²) in [6, 6.07) is 7.55. The van der Waals surface area contributed by atoms with Gasteiger partial charge in [-0.15, -0.1) is 0 Å². The second-order valence-electron chi connectivity index (χ2n) is 5.42. The van der Waals surface area contributed by atoms with Gasteiger partial charge in [-0.25, -0.2) is 0 Å². The number of piperazine rings is 1. The van der Waals surface area contributed by atoms with Gasteiger partial charge in [-0.05, 0) is 50.7 Å². The van der Waals surface area contributed by atoms with E-state index in [1.807, 2.05) is 0 Å². The van der Waals surface area contributed by atoms with E-state index in [-0.39, 0.29) is 0 Å². The normalized spacial score (nSPS) is 22.4. The van der Waals surface area contributed by atoms with Crippen molar-refractivity contribution in [1.82, 2.24) is 15.5 Å². The highest BCUT2D eigenvalue weighted by Crippen LogP contribution is 2.26. The van der Waals surface area contributed by atoms with Gasteiger partial charge in [-0.1, -0.05) is 22.0 Å². The van der Waals surface area contributed by atoms with Crippen LogP contribution in [0.2, 0.25) is 0 Å². The average molecular weight is 326 g/mol. The Bertz CT molecular complexity index is 422. The zero-order valence-corrected chi connectivity index (χ0v) is 13.6. The van der Waals surface area contributed by atoms with Crippen LogP contribution in [0, 0.1) is 6.92 Å². The third kappa shape index (κ3) is 3.78. The summed E-state index contributed by atoms with van der Waals surface area (Å²) in [5.74, 6) is 0. The predicted octanol–water partition coefficient (Wildman–Crippen LogP) is 2.31. The van der Waals surface area contributed by atoms with Crippen molar-refractivity contribution >= 4 is 15.9 Å². The average Bonchev–Trinajstić information content (AvgIpc) is 2.41. The zero-order chi connectivity index (χ0) is 13.8. The van der Waals surface area contributed by atoms with E-state index in [0.717, 1.165) is 30.5 Å². The standard InChI is InChI=1S/C15H24BrN3/c1-11-4-5-12(16)8-14(11)15(17-2)9-13-10-18-6-7-19(13)3/h4-5,8,13,15,17-18H,6-7,9-10H2,1-3H3. The monoisotopic (exact) mass is 325 g/mol.